The molecule has 4 aromatic rings. The van der Waals surface area contributed by atoms with Gasteiger partial charge in [0.1, 0.15) is 5.75 Å². The van der Waals surface area contributed by atoms with Crippen LogP contribution < -0.4 is 15.4 Å². The number of benzene rings is 3. The molecule has 0 bridgehead atoms. The Labute approximate surface area is 225 Å². The number of nitrogens with zero attached hydrogens (tertiary/aromatic N) is 3. The molecule has 6 heteroatoms. The summed E-state index contributed by atoms with van der Waals surface area (Å²) in [6.07, 6.45) is 7.05. The van der Waals surface area contributed by atoms with Crippen molar-refractivity contribution in [2.75, 3.05) is 23.8 Å². The van der Waals surface area contributed by atoms with E-state index in [1.807, 2.05) is 52.2 Å². The lowest BCUT2D eigenvalue weighted by Gasteiger charge is -2.31. The van der Waals surface area contributed by atoms with Crippen LogP contribution in [0.2, 0.25) is 0 Å². The van der Waals surface area contributed by atoms with E-state index in [-0.39, 0.29) is 11.9 Å². The molecule has 6 nitrogen and oxygen atoms in total. The molecule has 0 spiro atoms. The van der Waals surface area contributed by atoms with Crippen molar-refractivity contribution in [2.24, 2.45) is 0 Å². The Hall–Kier alpha value is -4.06. The quantitative estimate of drug-likeness (QED) is 0.218. The maximum atomic E-state index is 13.3. The highest BCUT2D eigenvalue weighted by Gasteiger charge is 2.25. The molecule has 3 aromatic carbocycles. The van der Waals surface area contributed by atoms with Gasteiger partial charge in [-0.1, -0.05) is 36.4 Å². The summed E-state index contributed by atoms with van der Waals surface area (Å²) in [5.41, 5.74) is 14.7. The van der Waals surface area contributed by atoms with Gasteiger partial charge < -0.3 is 15.4 Å². The average molecular weight is 509 g/mol. The summed E-state index contributed by atoms with van der Waals surface area (Å²) in [7, 11) is 0. The summed E-state index contributed by atoms with van der Waals surface area (Å²) in [4.78, 5) is 15.2. The molecule has 1 aromatic heterocycles. The molecule has 1 atom stereocenters. The number of amides is 1. The van der Waals surface area contributed by atoms with Gasteiger partial charge in [0.25, 0.3) is 0 Å². The van der Waals surface area contributed by atoms with E-state index in [2.05, 4.69) is 56.3 Å². The van der Waals surface area contributed by atoms with Crippen molar-refractivity contribution in [3.05, 3.63) is 95.3 Å². The van der Waals surface area contributed by atoms with Crippen molar-refractivity contribution in [3.8, 4) is 16.9 Å². The van der Waals surface area contributed by atoms with Crippen LogP contribution in [0, 0.1) is 13.8 Å². The molecule has 5 rings (SSSR count). The van der Waals surface area contributed by atoms with Crippen LogP contribution in [-0.4, -0.2) is 28.8 Å². The molecule has 1 aliphatic rings. The first kappa shape index (κ1) is 25.6. The molecule has 38 heavy (non-hydrogen) atoms. The number of carbonyl (C=O) groups is 1. The van der Waals surface area contributed by atoms with Crippen LogP contribution >= 0.6 is 0 Å². The topological polar surface area (TPSA) is 73.4 Å². The van der Waals surface area contributed by atoms with Crippen molar-refractivity contribution in [2.45, 2.75) is 52.5 Å². The Morgan fingerprint density at radius 1 is 1.11 bits per heavy atom. The monoisotopic (exact) mass is 508 g/mol. The maximum absolute atomic E-state index is 13.3. The van der Waals surface area contributed by atoms with Gasteiger partial charge in [-0.05, 0) is 92.1 Å². The SMILES string of the molecule is Cc1cccc(OCCCC(=O)N2CCCc3c(-c4cnn(C(C)c5cccc(N)c5)c4)cccc32)c1C. The number of ether oxygens (including phenoxy) is 1. The van der Waals surface area contributed by atoms with Crippen molar-refractivity contribution in [1.29, 1.82) is 0 Å². The number of aromatic nitrogens is 2. The van der Waals surface area contributed by atoms with Gasteiger partial charge in [-0.2, -0.15) is 5.10 Å². The minimum Gasteiger partial charge on any atom is -0.493 e. The van der Waals surface area contributed by atoms with E-state index in [4.69, 9.17) is 10.5 Å². The number of hydrogen-bond donors (Lipinski definition) is 1. The Morgan fingerprint density at radius 2 is 1.92 bits per heavy atom. The van der Waals surface area contributed by atoms with Gasteiger partial charge in [0.05, 0.1) is 18.8 Å². The molecular formula is C32H36N4O2. The Morgan fingerprint density at radius 3 is 2.76 bits per heavy atom. The Balaban J connectivity index is 1.28. The number of carbonyl (C=O) groups excluding carboxylic acids is 1. The van der Waals surface area contributed by atoms with Crippen molar-refractivity contribution in [3.63, 3.8) is 0 Å². The lowest BCUT2D eigenvalue weighted by Crippen LogP contribution is -2.35. The van der Waals surface area contributed by atoms with Crippen LogP contribution in [0.15, 0.2) is 73.1 Å². The molecule has 2 N–H and O–H groups in total. The summed E-state index contributed by atoms with van der Waals surface area (Å²) in [6, 6.07) is 20.3. The van der Waals surface area contributed by atoms with Crippen LogP contribution in [0.4, 0.5) is 11.4 Å². The zero-order valence-corrected chi connectivity index (χ0v) is 22.5. The summed E-state index contributed by atoms with van der Waals surface area (Å²) in [5.74, 6) is 1.05. The van der Waals surface area contributed by atoms with Crippen LogP contribution in [0.1, 0.15) is 54.5 Å². The highest BCUT2D eigenvalue weighted by molar-refractivity contribution is 5.96. The molecule has 0 saturated carbocycles. The smallest absolute Gasteiger partial charge is 0.227 e. The van der Waals surface area contributed by atoms with Crippen LogP contribution in [0.3, 0.4) is 0 Å². The third-order valence-electron chi connectivity index (χ3n) is 7.60. The normalized spacial score (nSPS) is 13.7. The number of aryl methyl sites for hydroxylation is 1. The van der Waals surface area contributed by atoms with Crippen LogP contribution in [-0.2, 0) is 11.2 Å². The van der Waals surface area contributed by atoms with Gasteiger partial charge in [-0.3, -0.25) is 9.48 Å². The van der Waals surface area contributed by atoms with E-state index >= 15 is 0 Å². The molecule has 196 valence electrons. The molecule has 0 radical (unpaired) electrons. The number of nitrogens with two attached hydrogens (primary N) is 1. The fourth-order valence-electron chi connectivity index (χ4n) is 5.24. The van der Waals surface area contributed by atoms with Crippen LogP contribution in [0.5, 0.6) is 5.75 Å². The first-order valence-electron chi connectivity index (χ1n) is 13.4. The minimum atomic E-state index is 0.0654. The highest BCUT2D eigenvalue weighted by atomic mass is 16.5. The van der Waals surface area contributed by atoms with Crippen molar-refractivity contribution < 1.29 is 9.53 Å². The zero-order valence-electron chi connectivity index (χ0n) is 22.5. The Kier molecular flexibility index (Phi) is 7.50. The van der Waals surface area contributed by atoms with Gasteiger partial charge in [0.2, 0.25) is 5.91 Å². The number of rotatable bonds is 8. The highest BCUT2D eigenvalue weighted by Crippen LogP contribution is 2.36. The first-order valence-corrected chi connectivity index (χ1v) is 13.4. The maximum Gasteiger partial charge on any atom is 0.227 e. The third kappa shape index (κ3) is 5.30. The largest absolute Gasteiger partial charge is 0.493 e. The van der Waals surface area contributed by atoms with Gasteiger partial charge in [0.15, 0.2) is 0 Å². The van der Waals surface area contributed by atoms with Crippen molar-refractivity contribution >= 4 is 17.3 Å². The molecule has 1 aliphatic heterocycles. The van der Waals surface area contributed by atoms with Gasteiger partial charge >= 0.3 is 0 Å². The predicted octanol–water partition coefficient (Wildman–Crippen LogP) is 6.50. The first-order chi connectivity index (χ1) is 18.4. The lowest BCUT2D eigenvalue weighted by atomic mass is 9.93. The van der Waals surface area contributed by atoms with E-state index in [0.29, 0.717) is 19.4 Å². The summed E-state index contributed by atoms with van der Waals surface area (Å²) < 4.78 is 7.95. The fraction of sp³-hybridized carbons (Fsp3) is 0.312. The zero-order chi connectivity index (χ0) is 26.6. The van der Waals surface area contributed by atoms with E-state index < -0.39 is 0 Å². The van der Waals surface area contributed by atoms with E-state index in [1.54, 1.807) is 0 Å². The molecular weight excluding hydrogens is 472 g/mol. The lowest BCUT2D eigenvalue weighted by molar-refractivity contribution is -0.118. The summed E-state index contributed by atoms with van der Waals surface area (Å²) >= 11 is 0. The number of nitrogen functional groups attached to an aromatic ring is 1. The third-order valence-corrected chi connectivity index (χ3v) is 7.60. The standard InChI is InChI=1S/C32H36N4O2/c1-22-9-4-15-31(23(22)2)38-18-8-16-32(37)35-17-7-13-29-28(12-6-14-30(29)35)26-20-34-36(21-26)24(3)25-10-5-11-27(33)19-25/h4-6,9-12,14-15,19-21,24H,7-8,13,16-18,33H2,1-3H3. The van der Waals surface area contributed by atoms with Gasteiger partial charge in [-0.15, -0.1) is 0 Å². The number of anilines is 2. The van der Waals surface area contributed by atoms with E-state index in [1.165, 1.54) is 11.1 Å². The summed E-state index contributed by atoms with van der Waals surface area (Å²) in [5, 5.41) is 4.67. The second-order valence-corrected chi connectivity index (χ2v) is 10.2. The fourth-order valence-corrected chi connectivity index (χ4v) is 5.24. The second kappa shape index (κ2) is 11.1. The van der Waals surface area contributed by atoms with Crippen molar-refractivity contribution in [1.82, 2.24) is 9.78 Å². The molecule has 0 fully saturated rings. The molecule has 0 aliphatic carbocycles. The summed E-state index contributed by atoms with van der Waals surface area (Å²) in [6.45, 7) is 7.55. The van der Waals surface area contributed by atoms with E-state index in [0.717, 1.165) is 58.8 Å². The van der Waals surface area contributed by atoms with Gasteiger partial charge in [0, 0.05) is 36.1 Å². The molecule has 1 unspecified atom stereocenters. The number of hydrogen-bond acceptors (Lipinski definition) is 4. The Bertz CT molecular complexity index is 1440. The second-order valence-electron chi connectivity index (χ2n) is 10.2. The van der Waals surface area contributed by atoms with Crippen LogP contribution in [0.25, 0.3) is 11.1 Å². The predicted molar refractivity (Wildman–Crippen MR) is 154 cm³/mol. The molecule has 0 saturated heterocycles. The molecule has 2 heterocycles. The average Bonchev–Trinajstić information content (AvgIpc) is 3.42. The number of fused-ring (bicyclic) bond motifs is 1. The van der Waals surface area contributed by atoms with Gasteiger partial charge in [-0.25, -0.2) is 0 Å². The van der Waals surface area contributed by atoms with E-state index in [9.17, 15) is 4.79 Å². The molecule has 1 amide bonds. The minimum absolute atomic E-state index is 0.0654.